The van der Waals surface area contributed by atoms with Gasteiger partial charge in [0, 0.05) is 5.56 Å². The first-order chi connectivity index (χ1) is 9.17. The van der Waals surface area contributed by atoms with Crippen molar-refractivity contribution in [3.05, 3.63) is 51.8 Å². The number of hydrogen-bond donors (Lipinski definition) is 1. The van der Waals surface area contributed by atoms with Crippen molar-refractivity contribution < 1.29 is 5.11 Å². The lowest BCUT2D eigenvalue weighted by molar-refractivity contribution is 0.280. The minimum atomic E-state index is -0.0536. The van der Waals surface area contributed by atoms with Crippen LogP contribution in [-0.4, -0.2) is 14.9 Å². The first-order valence-electron chi connectivity index (χ1n) is 6.56. The smallest absolute Gasteiger partial charge is 0.133 e. The molecule has 0 radical (unpaired) electrons. The van der Waals surface area contributed by atoms with Crippen molar-refractivity contribution in [3.8, 4) is 0 Å². The lowest BCUT2D eigenvalue weighted by Crippen LogP contribution is -2.04. The van der Waals surface area contributed by atoms with Crippen LogP contribution in [0.25, 0.3) is 0 Å². The van der Waals surface area contributed by atoms with E-state index in [2.05, 4.69) is 31.1 Å². The first kappa shape index (κ1) is 14.1. The van der Waals surface area contributed by atoms with Crippen LogP contribution in [-0.2, 0) is 19.6 Å². The summed E-state index contributed by atoms with van der Waals surface area (Å²) in [6.45, 7) is 4.76. The molecule has 1 N–H and O–H groups in total. The summed E-state index contributed by atoms with van der Waals surface area (Å²) in [5.74, 6) is 0. The fourth-order valence-electron chi connectivity index (χ4n) is 2.17. The minimum absolute atomic E-state index is 0.0536. The second-order valence-corrected chi connectivity index (χ2v) is 5.07. The number of rotatable bonds is 5. The summed E-state index contributed by atoms with van der Waals surface area (Å²) in [6, 6.07) is 8.18. The quantitative estimate of drug-likeness (QED) is 0.911. The maximum Gasteiger partial charge on any atom is 0.133 e. The van der Waals surface area contributed by atoms with Gasteiger partial charge in [0.05, 0.1) is 18.8 Å². The van der Waals surface area contributed by atoms with E-state index in [0.717, 1.165) is 24.1 Å². The lowest BCUT2D eigenvalue weighted by atomic mass is 10.1. The summed E-state index contributed by atoms with van der Waals surface area (Å²) in [6.07, 6.45) is 1.83. The average molecular weight is 279 g/mol. The van der Waals surface area contributed by atoms with Crippen molar-refractivity contribution >= 4 is 11.6 Å². The summed E-state index contributed by atoms with van der Waals surface area (Å²) in [5.41, 5.74) is 4.08. The molecule has 0 aliphatic carbocycles. The Hall–Kier alpha value is -1.32. The van der Waals surface area contributed by atoms with E-state index in [4.69, 9.17) is 11.6 Å². The molecule has 102 valence electrons. The van der Waals surface area contributed by atoms with Crippen molar-refractivity contribution in [3.63, 3.8) is 0 Å². The van der Waals surface area contributed by atoms with Gasteiger partial charge in [-0.05, 0) is 24.5 Å². The number of aliphatic hydroxyl groups excluding tert-OH is 1. The van der Waals surface area contributed by atoms with Gasteiger partial charge in [-0.15, -0.1) is 0 Å². The molecule has 0 aliphatic rings. The summed E-state index contributed by atoms with van der Waals surface area (Å²) in [4.78, 5) is 0. The van der Waals surface area contributed by atoms with Crippen molar-refractivity contribution in [2.75, 3.05) is 0 Å². The van der Waals surface area contributed by atoms with E-state index < -0.39 is 0 Å². The lowest BCUT2D eigenvalue weighted by Gasteiger charge is -2.06. The molecule has 0 saturated heterocycles. The molecule has 1 aromatic heterocycles. The third-order valence-corrected chi connectivity index (χ3v) is 3.71. The maximum atomic E-state index is 9.42. The largest absolute Gasteiger partial charge is 0.391 e. The van der Waals surface area contributed by atoms with Gasteiger partial charge in [-0.2, -0.15) is 5.10 Å². The monoisotopic (exact) mass is 278 g/mol. The molecule has 19 heavy (non-hydrogen) atoms. The molecule has 0 fully saturated rings. The average Bonchev–Trinajstić information content (AvgIpc) is 2.69. The molecular weight excluding hydrogens is 260 g/mol. The number of halogens is 1. The molecule has 0 bridgehead atoms. The normalized spacial score (nSPS) is 10.9. The second-order valence-electron chi connectivity index (χ2n) is 4.71. The van der Waals surface area contributed by atoms with Crippen LogP contribution in [0.4, 0.5) is 0 Å². The molecule has 3 nitrogen and oxygen atoms in total. The standard InChI is InChI=1S/C15H19ClN2O/c1-3-6-14-13(10-19)15(16)18(17-14)9-12-8-5-4-7-11(12)2/h4-5,7-8,19H,3,6,9-10H2,1-2H3. The number of aliphatic hydroxyl groups is 1. The van der Waals surface area contributed by atoms with Gasteiger partial charge in [0.1, 0.15) is 5.15 Å². The third-order valence-electron chi connectivity index (χ3n) is 3.29. The van der Waals surface area contributed by atoms with Crippen LogP contribution < -0.4 is 0 Å². The fourth-order valence-corrected chi connectivity index (χ4v) is 2.44. The summed E-state index contributed by atoms with van der Waals surface area (Å²) in [7, 11) is 0. The molecule has 1 heterocycles. The van der Waals surface area contributed by atoms with Gasteiger partial charge in [0.2, 0.25) is 0 Å². The van der Waals surface area contributed by atoms with E-state index in [1.165, 1.54) is 11.1 Å². The van der Waals surface area contributed by atoms with E-state index in [0.29, 0.717) is 11.7 Å². The van der Waals surface area contributed by atoms with Crippen LogP contribution in [0.15, 0.2) is 24.3 Å². The molecule has 1 aromatic carbocycles. The molecule has 0 amide bonds. The molecule has 0 saturated carbocycles. The van der Waals surface area contributed by atoms with Crippen molar-refractivity contribution in [2.45, 2.75) is 39.8 Å². The third kappa shape index (κ3) is 2.99. The Morgan fingerprint density at radius 2 is 2.05 bits per heavy atom. The van der Waals surface area contributed by atoms with Crippen LogP contribution >= 0.6 is 11.6 Å². The molecular formula is C15H19ClN2O. The zero-order chi connectivity index (χ0) is 13.8. The highest BCUT2D eigenvalue weighted by atomic mass is 35.5. The highest BCUT2D eigenvalue weighted by Crippen LogP contribution is 2.23. The van der Waals surface area contributed by atoms with Crippen LogP contribution in [0, 0.1) is 6.92 Å². The van der Waals surface area contributed by atoms with Gasteiger partial charge in [-0.25, -0.2) is 4.68 Å². The fraction of sp³-hybridized carbons (Fsp3) is 0.400. The Bertz CT molecular complexity index is 563. The molecule has 0 unspecified atom stereocenters. The second kappa shape index (κ2) is 6.22. The summed E-state index contributed by atoms with van der Waals surface area (Å²) < 4.78 is 1.78. The van der Waals surface area contributed by atoms with Crippen molar-refractivity contribution in [1.82, 2.24) is 9.78 Å². The SMILES string of the molecule is CCCc1nn(Cc2ccccc2C)c(Cl)c1CO. The molecule has 0 aliphatic heterocycles. The van der Waals surface area contributed by atoms with Crippen LogP contribution in [0.1, 0.15) is 35.7 Å². The van der Waals surface area contributed by atoms with Crippen molar-refractivity contribution in [2.24, 2.45) is 0 Å². The Morgan fingerprint density at radius 1 is 1.32 bits per heavy atom. The number of benzene rings is 1. The van der Waals surface area contributed by atoms with Gasteiger partial charge in [-0.1, -0.05) is 49.2 Å². The van der Waals surface area contributed by atoms with Crippen LogP contribution in [0.2, 0.25) is 5.15 Å². The number of aryl methyl sites for hydroxylation is 2. The number of aromatic nitrogens is 2. The highest BCUT2D eigenvalue weighted by Gasteiger charge is 2.15. The predicted octanol–water partition coefficient (Wildman–Crippen LogP) is 3.34. The molecule has 2 aromatic rings. The number of nitrogens with zero attached hydrogens (tertiary/aromatic N) is 2. The molecule has 4 heteroatoms. The van der Waals surface area contributed by atoms with E-state index >= 15 is 0 Å². The van der Waals surface area contributed by atoms with E-state index in [-0.39, 0.29) is 6.61 Å². The van der Waals surface area contributed by atoms with Crippen LogP contribution in [0.5, 0.6) is 0 Å². The highest BCUT2D eigenvalue weighted by molar-refractivity contribution is 6.30. The zero-order valence-electron chi connectivity index (χ0n) is 11.4. The molecule has 0 spiro atoms. The van der Waals surface area contributed by atoms with Gasteiger partial charge in [0.15, 0.2) is 0 Å². The number of hydrogen-bond acceptors (Lipinski definition) is 2. The Labute approximate surface area is 118 Å². The zero-order valence-corrected chi connectivity index (χ0v) is 12.1. The van der Waals surface area contributed by atoms with Gasteiger partial charge in [0.25, 0.3) is 0 Å². The Kier molecular flexibility index (Phi) is 4.61. The molecule has 2 rings (SSSR count). The first-order valence-corrected chi connectivity index (χ1v) is 6.94. The van der Waals surface area contributed by atoms with Crippen LogP contribution in [0.3, 0.4) is 0 Å². The molecule has 0 atom stereocenters. The topological polar surface area (TPSA) is 38.0 Å². The van der Waals surface area contributed by atoms with Gasteiger partial charge < -0.3 is 5.11 Å². The van der Waals surface area contributed by atoms with E-state index in [9.17, 15) is 5.11 Å². The Morgan fingerprint density at radius 3 is 2.68 bits per heavy atom. The summed E-state index contributed by atoms with van der Waals surface area (Å²) in [5, 5.41) is 14.5. The maximum absolute atomic E-state index is 9.42. The van der Waals surface area contributed by atoms with Gasteiger partial charge in [-0.3, -0.25) is 0 Å². The van der Waals surface area contributed by atoms with E-state index in [1.807, 2.05) is 12.1 Å². The van der Waals surface area contributed by atoms with Gasteiger partial charge >= 0.3 is 0 Å². The predicted molar refractivity (Wildman–Crippen MR) is 77.4 cm³/mol. The van der Waals surface area contributed by atoms with E-state index in [1.54, 1.807) is 4.68 Å². The summed E-state index contributed by atoms with van der Waals surface area (Å²) >= 11 is 6.31. The minimum Gasteiger partial charge on any atom is -0.391 e. The van der Waals surface area contributed by atoms with Crippen molar-refractivity contribution in [1.29, 1.82) is 0 Å². The Balaban J connectivity index is 2.33.